The van der Waals surface area contributed by atoms with Crippen molar-refractivity contribution in [3.8, 4) is 11.1 Å². The molecule has 30 heavy (non-hydrogen) atoms. The summed E-state index contributed by atoms with van der Waals surface area (Å²) < 4.78 is 38.7. The van der Waals surface area contributed by atoms with E-state index in [-0.39, 0.29) is 6.29 Å². The van der Waals surface area contributed by atoms with Gasteiger partial charge >= 0.3 is 0 Å². The molecule has 0 unspecified atom stereocenters. The van der Waals surface area contributed by atoms with E-state index in [9.17, 15) is 8.78 Å². The molecule has 0 bridgehead atoms. The van der Waals surface area contributed by atoms with Gasteiger partial charge < -0.3 is 9.47 Å². The van der Waals surface area contributed by atoms with Crippen LogP contribution in [0.3, 0.4) is 0 Å². The Kier molecular flexibility index (Phi) is 6.96. The maximum absolute atomic E-state index is 13.5. The molecule has 2 nitrogen and oxygen atoms in total. The summed E-state index contributed by atoms with van der Waals surface area (Å²) >= 11 is 0. The fraction of sp³-hybridized carbons (Fsp3) is 0.462. The largest absolute Gasteiger partial charge is 0.348 e. The van der Waals surface area contributed by atoms with E-state index >= 15 is 0 Å². The van der Waals surface area contributed by atoms with Gasteiger partial charge in [-0.3, -0.25) is 0 Å². The second-order valence-electron chi connectivity index (χ2n) is 8.66. The summed E-state index contributed by atoms with van der Waals surface area (Å²) in [5.41, 5.74) is 2.43. The number of allylic oxidation sites excluding steroid dienone is 1. The van der Waals surface area contributed by atoms with Crippen LogP contribution in [0.1, 0.15) is 50.4 Å². The van der Waals surface area contributed by atoms with E-state index in [0.717, 1.165) is 42.7 Å². The second-order valence-corrected chi connectivity index (χ2v) is 8.66. The van der Waals surface area contributed by atoms with E-state index in [1.165, 1.54) is 38.2 Å². The van der Waals surface area contributed by atoms with Crippen molar-refractivity contribution in [1.82, 2.24) is 0 Å². The van der Waals surface area contributed by atoms with Crippen LogP contribution in [0.5, 0.6) is 0 Å². The highest BCUT2D eigenvalue weighted by molar-refractivity contribution is 5.63. The minimum Gasteiger partial charge on any atom is -0.348 e. The van der Waals surface area contributed by atoms with Crippen LogP contribution in [-0.4, -0.2) is 13.2 Å². The van der Waals surface area contributed by atoms with Crippen molar-refractivity contribution in [3.05, 3.63) is 72.3 Å². The van der Waals surface area contributed by atoms with Crippen LogP contribution in [0.2, 0.25) is 0 Å². The average Bonchev–Trinajstić information content (AvgIpc) is 2.80. The maximum atomic E-state index is 13.5. The Balaban J connectivity index is 1.29. The number of halogens is 2. The monoisotopic (exact) mass is 412 g/mol. The highest BCUT2D eigenvalue weighted by Gasteiger charge is 2.32. The molecule has 2 aliphatic rings. The Morgan fingerprint density at radius 1 is 0.833 bits per heavy atom. The molecule has 2 aromatic rings. The number of hydrogen-bond acceptors (Lipinski definition) is 2. The van der Waals surface area contributed by atoms with Gasteiger partial charge in [0.15, 0.2) is 17.9 Å². The fourth-order valence-corrected chi connectivity index (χ4v) is 4.79. The zero-order valence-electron chi connectivity index (χ0n) is 17.4. The Morgan fingerprint density at radius 3 is 2.13 bits per heavy atom. The Hall–Kier alpha value is -2.04. The summed E-state index contributed by atoms with van der Waals surface area (Å²) in [4.78, 5) is 0. The van der Waals surface area contributed by atoms with Crippen molar-refractivity contribution in [2.24, 2.45) is 17.8 Å². The van der Waals surface area contributed by atoms with Crippen LogP contribution in [0.25, 0.3) is 11.1 Å². The lowest BCUT2D eigenvalue weighted by Crippen LogP contribution is -2.34. The molecule has 0 N–H and O–H groups in total. The van der Waals surface area contributed by atoms with Crippen LogP contribution in [0.4, 0.5) is 8.78 Å². The number of hydrogen-bond donors (Lipinski definition) is 0. The standard InChI is InChI=1S/C26H30F2O2/c1-2-3-4-18-5-7-20(8-6-18)23-16-29-26(30-17-23)21-11-9-19(10-12-21)22-13-14-24(27)25(28)15-22/h2,9-15,18,20,23,26H,1,3-8,16-17H2/t18-,20-,23-,26-. The van der Waals surface area contributed by atoms with Crippen molar-refractivity contribution in [2.45, 2.75) is 44.8 Å². The third kappa shape index (κ3) is 4.98. The normalized spacial score (nSPS) is 27.0. The lowest BCUT2D eigenvalue weighted by molar-refractivity contribution is -0.214. The summed E-state index contributed by atoms with van der Waals surface area (Å²) in [6.07, 6.45) is 9.23. The van der Waals surface area contributed by atoms with Crippen LogP contribution in [0.15, 0.2) is 55.1 Å². The second kappa shape index (κ2) is 9.84. The van der Waals surface area contributed by atoms with Gasteiger partial charge in [-0.2, -0.15) is 0 Å². The Bertz CT molecular complexity index is 833. The molecule has 2 aromatic carbocycles. The molecule has 0 atom stereocenters. The number of rotatable bonds is 6. The molecule has 0 aromatic heterocycles. The predicted octanol–water partition coefficient (Wildman–Crippen LogP) is 7.07. The third-order valence-corrected chi connectivity index (χ3v) is 6.70. The highest BCUT2D eigenvalue weighted by Crippen LogP contribution is 2.38. The van der Waals surface area contributed by atoms with Gasteiger partial charge in [0.2, 0.25) is 0 Å². The first-order chi connectivity index (χ1) is 14.6. The van der Waals surface area contributed by atoms with E-state index in [2.05, 4.69) is 6.58 Å². The molecule has 0 radical (unpaired) electrons. The zero-order chi connectivity index (χ0) is 20.9. The van der Waals surface area contributed by atoms with E-state index in [0.29, 0.717) is 17.4 Å². The summed E-state index contributed by atoms with van der Waals surface area (Å²) in [7, 11) is 0. The van der Waals surface area contributed by atoms with Gasteiger partial charge in [0.25, 0.3) is 0 Å². The molecule has 160 valence electrons. The van der Waals surface area contributed by atoms with Gasteiger partial charge in [0.05, 0.1) is 13.2 Å². The van der Waals surface area contributed by atoms with Crippen LogP contribution in [0, 0.1) is 29.4 Å². The predicted molar refractivity (Wildman–Crippen MR) is 115 cm³/mol. The molecular weight excluding hydrogens is 382 g/mol. The molecule has 1 saturated heterocycles. The minimum atomic E-state index is -0.837. The number of ether oxygens (including phenoxy) is 2. The molecule has 1 aliphatic heterocycles. The molecule has 0 amide bonds. The van der Waals surface area contributed by atoms with E-state index in [1.54, 1.807) is 6.07 Å². The van der Waals surface area contributed by atoms with Crippen LogP contribution < -0.4 is 0 Å². The molecule has 4 rings (SSSR count). The first-order valence-corrected chi connectivity index (χ1v) is 11.0. The number of benzene rings is 2. The van der Waals surface area contributed by atoms with E-state index < -0.39 is 11.6 Å². The van der Waals surface area contributed by atoms with Gasteiger partial charge in [0.1, 0.15) is 0 Å². The summed E-state index contributed by atoms with van der Waals surface area (Å²) in [6.45, 7) is 5.30. The highest BCUT2D eigenvalue weighted by atomic mass is 19.2. The van der Waals surface area contributed by atoms with Crippen LogP contribution in [-0.2, 0) is 9.47 Å². The Labute approximate surface area is 177 Å². The van der Waals surface area contributed by atoms with Crippen molar-refractivity contribution in [1.29, 1.82) is 0 Å². The minimum absolute atomic E-state index is 0.357. The lowest BCUT2D eigenvalue weighted by atomic mass is 9.75. The lowest BCUT2D eigenvalue weighted by Gasteiger charge is -2.37. The van der Waals surface area contributed by atoms with Crippen molar-refractivity contribution < 1.29 is 18.3 Å². The molecule has 4 heteroatoms. The zero-order valence-corrected chi connectivity index (χ0v) is 17.4. The van der Waals surface area contributed by atoms with Gasteiger partial charge in [-0.15, -0.1) is 6.58 Å². The summed E-state index contributed by atoms with van der Waals surface area (Å²) in [5, 5.41) is 0. The molecule has 1 aliphatic carbocycles. The quantitative estimate of drug-likeness (QED) is 0.473. The van der Waals surface area contributed by atoms with E-state index in [1.807, 2.05) is 30.3 Å². The van der Waals surface area contributed by atoms with Crippen molar-refractivity contribution in [2.75, 3.05) is 13.2 Å². The first kappa shape index (κ1) is 21.2. The fourth-order valence-electron chi connectivity index (χ4n) is 4.79. The topological polar surface area (TPSA) is 18.5 Å². The Morgan fingerprint density at radius 2 is 1.50 bits per heavy atom. The average molecular weight is 413 g/mol. The van der Waals surface area contributed by atoms with Crippen molar-refractivity contribution >= 4 is 0 Å². The third-order valence-electron chi connectivity index (χ3n) is 6.70. The smallest absolute Gasteiger partial charge is 0.183 e. The van der Waals surface area contributed by atoms with Gasteiger partial charge in [-0.05, 0) is 60.8 Å². The molecule has 0 spiro atoms. The maximum Gasteiger partial charge on any atom is 0.183 e. The van der Waals surface area contributed by atoms with Crippen molar-refractivity contribution in [3.63, 3.8) is 0 Å². The van der Waals surface area contributed by atoms with Crippen LogP contribution >= 0.6 is 0 Å². The van der Waals surface area contributed by atoms with Gasteiger partial charge in [-0.25, -0.2) is 8.78 Å². The van der Waals surface area contributed by atoms with E-state index in [4.69, 9.17) is 9.47 Å². The molecule has 1 heterocycles. The van der Waals surface area contributed by atoms with Gasteiger partial charge in [-0.1, -0.05) is 49.2 Å². The molecule has 1 saturated carbocycles. The van der Waals surface area contributed by atoms with Gasteiger partial charge in [0, 0.05) is 11.5 Å². The summed E-state index contributed by atoms with van der Waals surface area (Å²) in [6, 6.07) is 11.6. The SMILES string of the molecule is C=CCC[C@H]1CC[C@H]([C@H]2CO[C@H](c3ccc(-c4ccc(F)c(F)c4)cc3)OC2)CC1. The molecule has 2 fully saturated rings. The first-order valence-electron chi connectivity index (χ1n) is 11.0. The summed E-state index contributed by atoms with van der Waals surface area (Å²) in [5.74, 6) is 0.353. The molecular formula is C26H30F2O2.